The minimum atomic E-state index is -3.17. The summed E-state index contributed by atoms with van der Waals surface area (Å²) < 4.78 is 25.6. The number of hydrogen-bond acceptors (Lipinski definition) is 3. The molecule has 0 radical (unpaired) electrons. The van der Waals surface area contributed by atoms with Gasteiger partial charge in [0.15, 0.2) is 0 Å². The van der Waals surface area contributed by atoms with Crippen LogP contribution in [0.1, 0.15) is 38.5 Å². The Morgan fingerprint density at radius 2 is 1.79 bits per heavy atom. The number of nitrogens with zero attached hydrogens (tertiary/aromatic N) is 2. The SMILES string of the molecule is CS(=O)(=O)N1CCCC12CCCN(C(=O)C1CC1)C2. The maximum atomic E-state index is 12.2. The Balaban J connectivity index is 1.81. The van der Waals surface area contributed by atoms with Crippen molar-refractivity contribution in [3.8, 4) is 0 Å². The molecule has 19 heavy (non-hydrogen) atoms. The zero-order chi connectivity index (χ0) is 13.7. The molecule has 3 fully saturated rings. The zero-order valence-electron chi connectivity index (χ0n) is 11.5. The molecule has 108 valence electrons. The van der Waals surface area contributed by atoms with Gasteiger partial charge in [-0.05, 0) is 38.5 Å². The molecule has 1 saturated carbocycles. The van der Waals surface area contributed by atoms with Crippen LogP contribution < -0.4 is 0 Å². The second-order valence-corrected chi connectivity index (χ2v) is 8.21. The highest BCUT2D eigenvalue weighted by Crippen LogP contribution is 2.40. The van der Waals surface area contributed by atoms with Gasteiger partial charge in [0, 0.05) is 25.6 Å². The van der Waals surface area contributed by atoms with E-state index in [1.165, 1.54) is 6.26 Å². The minimum absolute atomic E-state index is 0.225. The molecule has 2 aliphatic heterocycles. The van der Waals surface area contributed by atoms with Crippen molar-refractivity contribution in [3.05, 3.63) is 0 Å². The summed E-state index contributed by atoms with van der Waals surface area (Å²) >= 11 is 0. The van der Waals surface area contributed by atoms with Crippen LogP contribution in [0.4, 0.5) is 0 Å². The van der Waals surface area contributed by atoms with Crippen LogP contribution in [0.2, 0.25) is 0 Å². The second-order valence-electron chi connectivity index (χ2n) is 6.30. The van der Waals surface area contributed by atoms with Crippen molar-refractivity contribution in [2.45, 2.75) is 44.1 Å². The van der Waals surface area contributed by atoms with E-state index < -0.39 is 10.0 Å². The highest BCUT2D eigenvalue weighted by molar-refractivity contribution is 7.88. The Labute approximate surface area is 115 Å². The first-order chi connectivity index (χ1) is 8.92. The summed E-state index contributed by atoms with van der Waals surface area (Å²) in [5.41, 5.74) is -0.309. The molecule has 1 aliphatic carbocycles. The lowest BCUT2D eigenvalue weighted by molar-refractivity contribution is -0.135. The first-order valence-electron chi connectivity index (χ1n) is 7.19. The third kappa shape index (κ3) is 2.40. The van der Waals surface area contributed by atoms with Gasteiger partial charge in [0.2, 0.25) is 15.9 Å². The minimum Gasteiger partial charge on any atom is -0.341 e. The fourth-order valence-electron chi connectivity index (χ4n) is 3.73. The van der Waals surface area contributed by atoms with E-state index in [0.29, 0.717) is 13.1 Å². The van der Waals surface area contributed by atoms with E-state index in [4.69, 9.17) is 0 Å². The molecule has 1 atom stereocenters. The Morgan fingerprint density at radius 3 is 2.37 bits per heavy atom. The molecule has 0 aromatic heterocycles. The Kier molecular flexibility index (Phi) is 3.13. The monoisotopic (exact) mass is 286 g/mol. The van der Waals surface area contributed by atoms with Crippen molar-refractivity contribution in [1.29, 1.82) is 0 Å². The van der Waals surface area contributed by atoms with Gasteiger partial charge in [-0.25, -0.2) is 8.42 Å². The van der Waals surface area contributed by atoms with Crippen LogP contribution in [0.15, 0.2) is 0 Å². The lowest BCUT2D eigenvalue weighted by Crippen LogP contribution is -2.58. The van der Waals surface area contributed by atoms with Crippen molar-refractivity contribution in [1.82, 2.24) is 9.21 Å². The first-order valence-corrected chi connectivity index (χ1v) is 9.04. The zero-order valence-corrected chi connectivity index (χ0v) is 12.3. The van der Waals surface area contributed by atoms with Crippen molar-refractivity contribution >= 4 is 15.9 Å². The van der Waals surface area contributed by atoms with Crippen LogP contribution in [0.3, 0.4) is 0 Å². The summed E-state index contributed by atoms with van der Waals surface area (Å²) in [4.78, 5) is 14.1. The van der Waals surface area contributed by atoms with Crippen LogP contribution in [0, 0.1) is 5.92 Å². The van der Waals surface area contributed by atoms with Crippen LogP contribution in [0.25, 0.3) is 0 Å². The van der Waals surface area contributed by atoms with E-state index in [2.05, 4.69) is 0 Å². The Bertz CT molecular complexity index is 486. The van der Waals surface area contributed by atoms with Crippen molar-refractivity contribution in [3.63, 3.8) is 0 Å². The maximum Gasteiger partial charge on any atom is 0.225 e. The van der Waals surface area contributed by atoms with Gasteiger partial charge in [-0.15, -0.1) is 0 Å². The fraction of sp³-hybridized carbons (Fsp3) is 0.923. The molecular formula is C13H22N2O3S. The number of carbonyl (C=O) groups excluding carboxylic acids is 1. The summed E-state index contributed by atoms with van der Waals surface area (Å²) in [5, 5.41) is 0. The molecule has 6 heteroatoms. The van der Waals surface area contributed by atoms with Crippen LogP contribution in [-0.4, -0.2) is 55.0 Å². The number of rotatable bonds is 2. The molecule has 0 aromatic rings. The Morgan fingerprint density at radius 1 is 1.16 bits per heavy atom. The maximum absolute atomic E-state index is 12.2. The summed E-state index contributed by atoms with van der Waals surface area (Å²) in [7, 11) is -3.17. The van der Waals surface area contributed by atoms with Crippen LogP contribution >= 0.6 is 0 Å². The fourth-order valence-corrected chi connectivity index (χ4v) is 5.13. The van der Waals surface area contributed by atoms with Crippen molar-refractivity contribution < 1.29 is 13.2 Å². The van der Waals surface area contributed by atoms with Crippen LogP contribution in [0.5, 0.6) is 0 Å². The van der Waals surface area contributed by atoms with Gasteiger partial charge in [0.25, 0.3) is 0 Å². The summed E-state index contributed by atoms with van der Waals surface area (Å²) in [6.07, 6.45) is 6.95. The van der Waals surface area contributed by atoms with E-state index in [1.54, 1.807) is 4.31 Å². The molecule has 1 amide bonds. The van der Waals surface area contributed by atoms with Crippen molar-refractivity contribution in [2.75, 3.05) is 25.9 Å². The molecule has 5 nitrogen and oxygen atoms in total. The van der Waals surface area contributed by atoms with Gasteiger partial charge in [-0.2, -0.15) is 4.31 Å². The van der Waals surface area contributed by atoms with Gasteiger partial charge in [0.1, 0.15) is 0 Å². The third-order valence-corrected chi connectivity index (χ3v) is 6.10. The van der Waals surface area contributed by atoms with Gasteiger partial charge in [0.05, 0.1) is 11.8 Å². The third-order valence-electron chi connectivity index (χ3n) is 4.73. The van der Waals surface area contributed by atoms with E-state index in [1.807, 2.05) is 4.90 Å². The molecule has 2 heterocycles. The molecule has 0 aromatic carbocycles. The van der Waals surface area contributed by atoms with Gasteiger partial charge < -0.3 is 4.90 Å². The predicted molar refractivity (Wildman–Crippen MR) is 72.1 cm³/mol. The molecule has 2 saturated heterocycles. The number of amides is 1. The number of carbonyl (C=O) groups is 1. The number of sulfonamides is 1. The normalized spacial score (nSPS) is 33.0. The smallest absolute Gasteiger partial charge is 0.225 e. The van der Waals surface area contributed by atoms with Gasteiger partial charge in [-0.1, -0.05) is 0 Å². The van der Waals surface area contributed by atoms with Gasteiger partial charge in [-0.3, -0.25) is 4.79 Å². The molecule has 3 aliphatic rings. The number of hydrogen-bond donors (Lipinski definition) is 0. The molecule has 3 rings (SSSR count). The van der Waals surface area contributed by atoms with E-state index in [-0.39, 0.29) is 17.4 Å². The Hall–Kier alpha value is -0.620. The number of likely N-dealkylation sites (tertiary alicyclic amines) is 1. The molecule has 1 spiro atoms. The summed E-state index contributed by atoms with van der Waals surface area (Å²) in [5.74, 6) is 0.475. The molecule has 0 N–H and O–H groups in total. The van der Waals surface area contributed by atoms with Gasteiger partial charge >= 0.3 is 0 Å². The average Bonchev–Trinajstić information content (AvgIpc) is 3.11. The highest BCUT2D eigenvalue weighted by Gasteiger charge is 2.49. The van der Waals surface area contributed by atoms with Crippen molar-refractivity contribution in [2.24, 2.45) is 5.92 Å². The average molecular weight is 286 g/mol. The van der Waals surface area contributed by atoms with E-state index in [0.717, 1.165) is 45.1 Å². The lowest BCUT2D eigenvalue weighted by Gasteiger charge is -2.44. The highest BCUT2D eigenvalue weighted by atomic mass is 32.2. The van der Waals surface area contributed by atoms with E-state index >= 15 is 0 Å². The summed E-state index contributed by atoms with van der Waals surface area (Å²) in [6.45, 7) is 2.02. The topological polar surface area (TPSA) is 57.7 Å². The predicted octanol–water partition coefficient (Wildman–Crippen LogP) is 0.813. The lowest BCUT2D eigenvalue weighted by atomic mass is 9.87. The number of piperidine rings is 1. The largest absolute Gasteiger partial charge is 0.341 e. The van der Waals surface area contributed by atoms with E-state index in [9.17, 15) is 13.2 Å². The molecule has 0 bridgehead atoms. The van der Waals surface area contributed by atoms with Crippen LogP contribution in [-0.2, 0) is 14.8 Å². The standard InChI is InChI=1S/C13H22N2O3S/c1-19(17,18)15-9-3-7-13(15)6-2-8-14(10-13)12(16)11-4-5-11/h11H,2-10H2,1H3. The molecule has 1 unspecified atom stereocenters. The second kappa shape index (κ2) is 4.45. The summed E-state index contributed by atoms with van der Waals surface area (Å²) in [6, 6.07) is 0. The molecular weight excluding hydrogens is 264 g/mol. The quantitative estimate of drug-likeness (QED) is 0.755. The first kappa shape index (κ1) is 13.4.